The number of hydrogen-bond acceptors (Lipinski definition) is 4. The molecule has 5 heteroatoms. The Morgan fingerprint density at radius 3 is 2.50 bits per heavy atom. The fraction of sp³-hybridized carbons (Fsp3) is 0.889. The molecule has 1 unspecified atom stereocenters. The van der Waals surface area contributed by atoms with Crippen molar-refractivity contribution in [2.24, 2.45) is 5.92 Å². The van der Waals surface area contributed by atoms with Crippen molar-refractivity contribution < 1.29 is 13.2 Å². The Kier molecular flexibility index (Phi) is 2.39. The van der Waals surface area contributed by atoms with Gasteiger partial charge < -0.3 is 0 Å². The van der Waals surface area contributed by atoms with E-state index in [1.54, 1.807) is 0 Å². The van der Waals surface area contributed by atoms with Crippen LogP contribution in [0.25, 0.3) is 0 Å². The average Bonchev–Trinajstić information content (AvgIpc) is 2.06. The van der Waals surface area contributed by atoms with Crippen LogP contribution in [0.1, 0.15) is 13.3 Å². The highest BCUT2D eigenvalue weighted by Crippen LogP contribution is 2.22. The molecule has 2 heterocycles. The van der Waals surface area contributed by atoms with Gasteiger partial charge in [0.2, 0.25) is 0 Å². The molecular formula is C9H15NO3S. The second kappa shape index (κ2) is 3.31. The van der Waals surface area contributed by atoms with E-state index in [0.29, 0.717) is 12.2 Å². The summed E-state index contributed by atoms with van der Waals surface area (Å²) >= 11 is 0. The first-order valence-electron chi connectivity index (χ1n) is 4.95. The zero-order chi connectivity index (χ0) is 10.3. The third kappa shape index (κ3) is 1.83. The predicted molar refractivity (Wildman–Crippen MR) is 52.8 cm³/mol. The predicted octanol–water partition coefficient (Wildman–Crippen LogP) is -0.306. The lowest BCUT2D eigenvalue weighted by molar-refractivity contribution is -0.126. The lowest BCUT2D eigenvalue weighted by atomic mass is 9.97. The molecule has 0 N–H and O–H groups in total. The van der Waals surface area contributed by atoms with Crippen LogP contribution in [-0.4, -0.2) is 49.7 Å². The fourth-order valence-electron chi connectivity index (χ4n) is 2.12. The van der Waals surface area contributed by atoms with Gasteiger partial charge in [-0.15, -0.1) is 0 Å². The maximum Gasteiger partial charge on any atom is 0.153 e. The number of piperidine rings is 1. The van der Waals surface area contributed by atoms with Crippen molar-refractivity contribution in [3.63, 3.8) is 0 Å². The van der Waals surface area contributed by atoms with Gasteiger partial charge in [-0.2, -0.15) is 0 Å². The van der Waals surface area contributed by atoms with Crippen molar-refractivity contribution in [2.75, 3.05) is 24.6 Å². The largest absolute Gasteiger partial charge is 0.299 e. The molecule has 0 aromatic rings. The molecule has 0 bridgehead atoms. The first kappa shape index (κ1) is 10.1. The molecule has 2 rings (SSSR count). The van der Waals surface area contributed by atoms with Crippen molar-refractivity contribution in [3.8, 4) is 0 Å². The van der Waals surface area contributed by atoms with Crippen LogP contribution in [0.4, 0.5) is 0 Å². The summed E-state index contributed by atoms with van der Waals surface area (Å²) in [4.78, 5) is 13.4. The van der Waals surface area contributed by atoms with Gasteiger partial charge in [-0.05, 0) is 0 Å². The third-order valence-electron chi connectivity index (χ3n) is 3.11. The number of rotatable bonds is 1. The van der Waals surface area contributed by atoms with Crippen LogP contribution < -0.4 is 0 Å². The van der Waals surface area contributed by atoms with Crippen molar-refractivity contribution in [1.29, 1.82) is 0 Å². The Morgan fingerprint density at radius 2 is 2.00 bits per heavy atom. The van der Waals surface area contributed by atoms with Gasteiger partial charge >= 0.3 is 0 Å². The van der Waals surface area contributed by atoms with E-state index < -0.39 is 9.84 Å². The molecule has 1 atom stereocenters. The molecule has 0 amide bonds. The zero-order valence-corrected chi connectivity index (χ0v) is 9.09. The third-order valence-corrected chi connectivity index (χ3v) is 4.90. The summed E-state index contributed by atoms with van der Waals surface area (Å²) in [5.41, 5.74) is 0. The number of carbonyl (C=O) groups is 1. The number of ketones is 1. The van der Waals surface area contributed by atoms with Crippen LogP contribution in [0.3, 0.4) is 0 Å². The Balaban J connectivity index is 1.92. The second-order valence-electron chi connectivity index (χ2n) is 4.34. The highest BCUT2D eigenvalue weighted by atomic mass is 32.2. The molecule has 0 aromatic carbocycles. The normalized spacial score (nSPS) is 34.1. The minimum absolute atomic E-state index is 0.0760. The maximum absolute atomic E-state index is 11.3. The van der Waals surface area contributed by atoms with E-state index in [0.717, 1.165) is 13.1 Å². The van der Waals surface area contributed by atoms with Crippen LogP contribution in [0, 0.1) is 5.92 Å². The van der Waals surface area contributed by atoms with Gasteiger partial charge in [0.25, 0.3) is 0 Å². The summed E-state index contributed by atoms with van der Waals surface area (Å²) in [5.74, 6) is 0.956. The lowest BCUT2D eigenvalue weighted by Crippen LogP contribution is -2.56. The number of likely N-dealkylation sites (tertiary alicyclic amines) is 1. The summed E-state index contributed by atoms with van der Waals surface area (Å²) in [6, 6.07) is 0.176. The van der Waals surface area contributed by atoms with E-state index in [1.165, 1.54) is 0 Å². The summed E-state index contributed by atoms with van der Waals surface area (Å²) in [5, 5.41) is 0. The van der Waals surface area contributed by atoms with Crippen molar-refractivity contribution in [1.82, 2.24) is 4.90 Å². The van der Waals surface area contributed by atoms with E-state index in [-0.39, 0.29) is 23.5 Å². The zero-order valence-electron chi connectivity index (χ0n) is 8.27. The highest BCUT2D eigenvalue weighted by molar-refractivity contribution is 7.92. The maximum atomic E-state index is 11.3. The number of hydrogen-bond donors (Lipinski definition) is 0. The van der Waals surface area contributed by atoms with Crippen molar-refractivity contribution in [2.45, 2.75) is 19.4 Å². The molecule has 2 aliphatic rings. The van der Waals surface area contributed by atoms with Crippen LogP contribution >= 0.6 is 0 Å². The fourth-order valence-corrected chi connectivity index (χ4v) is 3.62. The van der Waals surface area contributed by atoms with Crippen LogP contribution in [0.15, 0.2) is 0 Å². The quantitative estimate of drug-likeness (QED) is 0.605. The molecule has 4 nitrogen and oxygen atoms in total. The van der Waals surface area contributed by atoms with E-state index in [1.807, 2.05) is 6.92 Å². The molecule has 2 fully saturated rings. The molecule has 2 saturated heterocycles. The first-order chi connectivity index (χ1) is 6.48. The van der Waals surface area contributed by atoms with E-state index in [2.05, 4.69) is 4.90 Å². The standard InChI is InChI=1S/C9H15NO3S/c1-7-4-10(3-2-9(7)11)8-5-14(12,13)6-8/h7-8H,2-6H2,1H3. The van der Waals surface area contributed by atoms with Gasteiger partial charge in [0.15, 0.2) is 9.84 Å². The van der Waals surface area contributed by atoms with Gasteiger partial charge in [-0.25, -0.2) is 8.42 Å². The van der Waals surface area contributed by atoms with E-state index in [9.17, 15) is 13.2 Å². The molecule has 14 heavy (non-hydrogen) atoms. The van der Waals surface area contributed by atoms with E-state index in [4.69, 9.17) is 0 Å². The SMILES string of the molecule is CC1CN(C2CS(=O)(=O)C2)CCC1=O. The topological polar surface area (TPSA) is 54.5 Å². The summed E-state index contributed by atoms with van der Waals surface area (Å²) in [6.07, 6.45) is 0.581. The average molecular weight is 217 g/mol. The van der Waals surface area contributed by atoms with Gasteiger partial charge in [-0.1, -0.05) is 6.92 Å². The first-order valence-corrected chi connectivity index (χ1v) is 6.77. The number of carbonyl (C=O) groups excluding carboxylic acids is 1. The molecule has 0 aromatic heterocycles. The van der Waals surface area contributed by atoms with Crippen molar-refractivity contribution >= 4 is 15.6 Å². The number of nitrogens with zero attached hydrogens (tertiary/aromatic N) is 1. The molecule has 80 valence electrons. The van der Waals surface area contributed by atoms with Crippen LogP contribution in [-0.2, 0) is 14.6 Å². The summed E-state index contributed by atoms with van der Waals surface area (Å²) in [7, 11) is -2.74. The van der Waals surface area contributed by atoms with Gasteiger partial charge in [0.1, 0.15) is 5.78 Å². The van der Waals surface area contributed by atoms with Crippen molar-refractivity contribution in [3.05, 3.63) is 0 Å². The minimum Gasteiger partial charge on any atom is -0.299 e. The Bertz CT molecular complexity index is 337. The van der Waals surface area contributed by atoms with Gasteiger partial charge in [0.05, 0.1) is 11.5 Å². The second-order valence-corrected chi connectivity index (χ2v) is 6.50. The molecular weight excluding hydrogens is 202 g/mol. The number of sulfone groups is 1. The van der Waals surface area contributed by atoms with Crippen LogP contribution in [0.5, 0.6) is 0 Å². The lowest BCUT2D eigenvalue weighted by Gasteiger charge is -2.40. The molecule has 0 aliphatic carbocycles. The van der Waals surface area contributed by atoms with Gasteiger partial charge in [-0.3, -0.25) is 9.69 Å². The highest BCUT2D eigenvalue weighted by Gasteiger charge is 2.39. The molecule has 2 aliphatic heterocycles. The van der Waals surface area contributed by atoms with Gasteiger partial charge in [0, 0.05) is 31.5 Å². The molecule has 0 spiro atoms. The Labute approximate surface area is 84.2 Å². The van der Waals surface area contributed by atoms with E-state index >= 15 is 0 Å². The number of Topliss-reactive ketones (excluding diaryl/α,β-unsaturated/α-hetero) is 1. The smallest absolute Gasteiger partial charge is 0.153 e. The monoisotopic (exact) mass is 217 g/mol. The molecule has 0 radical (unpaired) electrons. The minimum atomic E-state index is -2.74. The summed E-state index contributed by atoms with van der Waals surface area (Å²) < 4.78 is 22.0. The van der Waals surface area contributed by atoms with Crippen LogP contribution in [0.2, 0.25) is 0 Å². The Hall–Kier alpha value is -0.420. The Morgan fingerprint density at radius 1 is 1.36 bits per heavy atom. The molecule has 0 saturated carbocycles. The summed E-state index contributed by atoms with van der Waals surface area (Å²) in [6.45, 7) is 3.39.